The molecule has 0 spiro atoms. The highest BCUT2D eigenvalue weighted by Gasteiger charge is 2.38. The largest absolute Gasteiger partial charge is 0.481 e. The molecule has 1 aliphatic heterocycles. The van der Waals surface area contributed by atoms with Crippen LogP contribution < -0.4 is 0 Å². The first-order chi connectivity index (χ1) is 8.01. The molecular weight excluding hydrogens is 226 g/mol. The lowest BCUT2D eigenvalue weighted by Gasteiger charge is -2.25. The number of rotatable bonds is 5. The number of nitrogens with zero attached hydrogens (tertiary/aromatic N) is 1. The van der Waals surface area contributed by atoms with Gasteiger partial charge in [0.15, 0.2) is 0 Å². The van der Waals surface area contributed by atoms with Gasteiger partial charge in [-0.2, -0.15) is 0 Å². The second-order valence-electron chi connectivity index (χ2n) is 4.25. The maximum atomic E-state index is 12.0. The van der Waals surface area contributed by atoms with E-state index in [2.05, 4.69) is 0 Å². The molecule has 0 bridgehead atoms. The number of carboxylic acids is 1. The molecule has 0 saturated carbocycles. The summed E-state index contributed by atoms with van der Waals surface area (Å²) in [5, 5.41) is 8.84. The van der Waals surface area contributed by atoms with E-state index in [1.54, 1.807) is 19.1 Å². The molecule has 6 nitrogen and oxygen atoms in total. The summed E-state index contributed by atoms with van der Waals surface area (Å²) in [4.78, 5) is 24.3. The quantitative estimate of drug-likeness (QED) is 0.688. The third-order valence-corrected chi connectivity index (χ3v) is 3.09. The smallest absolute Gasteiger partial charge is 0.315 e. The Kier molecular flexibility index (Phi) is 4.89. The summed E-state index contributed by atoms with van der Waals surface area (Å²) in [6, 6.07) is -0.0979. The molecular formula is C11H19NO5. The number of likely N-dealkylation sites (tertiary alicyclic amines) is 1. The number of ether oxygens (including phenoxy) is 2. The lowest BCUT2D eigenvalue weighted by atomic mass is 10.1. The lowest BCUT2D eigenvalue weighted by Crippen LogP contribution is -2.43. The predicted octanol–water partition coefficient (Wildman–Crippen LogP) is -0.0306. The van der Waals surface area contributed by atoms with E-state index in [-0.39, 0.29) is 18.1 Å². The fraction of sp³-hybridized carbons (Fsp3) is 0.818. The van der Waals surface area contributed by atoms with E-state index in [1.807, 2.05) is 0 Å². The van der Waals surface area contributed by atoms with E-state index >= 15 is 0 Å². The number of aliphatic carboxylic acids is 1. The van der Waals surface area contributed by atoms with Gasteiger partial charge >= 0.3 is 5.97 Å². The minimum absolute atomic E-state index is 0.0416. The van der Waals surface area contributed by atoms with E-state index in [4.69, 9.17) is 14.6 Å². The van der Waals surface area contributed by atoms with Crippen molar-refractivity contribution in [1.29, 1.82) is 0 Å². The third kappa shape index (κ3) is 3.17. The van der Waals surface area contributed by atoms with Crippen LogP contribution in [0.4, 0.5) is 0 Å². The number of hydrogen-bond donors (Lipinski definition) is 1. The van der Waals surface area contributed by atoms with Crippen molar-refractivity contribution in [1.82, 2.24) is 4.90 Å². The highest BCUT2D eigenvalue weighted by atomic mass is 16.5. The van der Waals surface area contributed by atoms with Crippen LogP contribution in [0.15, 0.2) is 0 Å². The average molecular weight is 245 g/mol. The van der Waals surface area contributed by atoms with Crippen LogP contribution >= 0.6 is 0 Å². The zero-order chi connectivity index (χ0) is 13.0. The van der Waals surface area contributed by atoms with E-state index in [0.717, 1.165) is 0 Å². The maximum absolute atomic E-state index is 12.0. The molecule has 98 valence electrons. The summed E-state index contributed by atoms with van der Waals surface area (Å²) in [7, 11) is 3.15. The van der Waals surface area contributed by atoms with Crippen molar-refractivity contribution in [2.75, 3.05) is 27.4 Å². The van der Waals surface area contributed by atoms with Gasteiger partial charge in [-0.15, -0.1) is 0 Å². The van der Waals surface area contributed by atoms with Gasteiger partial charge in [0, 0.05) is 20.8 Å². The predicted molar refractivity (Wildman–Crippen MR) is 59.6 cm³/mol. The van der Waals surface area contributed by atoms with Gasteiger partial charge in [0.05, 0.1) is 18.8 Å². The molecule has 0 aliphatic carbocycles. The molecule has 0 aromatic rings. The highest BCUT2D eigenvalue weighted by Crippen LogP contribution is 2.22. The molecule has 0 radical (unpaired) electrons. The van der Waals surface area contributed by atoms with Crippen LogP contribution in [0.1, 0.15) is 13.3 Å². The van der Waals surface area contributed by atoms with Crippen molar-refractivity contribution < 1.29 is 24.2 Å². The molecule has 3 atom stereocenters. The summed E-state index contributed by atoms with van der Waals surface area (Å²) < 4.78 is 10.3. The third-order valence-electron chi connectivity index (χ3n) is 3.09. The van der Waals surface area contributed by atoms with Crippen molar-refractivity contribution in [3.05, 3.63) is 0 Å². The van der Waals surface area contributed by atoms with Gasteiger partial charge in [0.1, 0.15) is 5.92 Å². The Morgan fingerprint density at radius 1 is 1.47 bits per heavy atom. The van der Waals surface area contributed by atoms with Crippen LogP contribution in [0, 0.1) is 5.92 Å². The molecule has 0 aromatic carbocycles. The Morgan fingerprint density at radius 2 is 2.12 bits per heavy atom. The number of amides is 1. The Morgan fingerprint density at radius 3 is 2.59 bits per heavy atom. The number of methoxy groups -OCH3 is 2. The SMILES string of the molecule is COC[C@@H]1C[C@H](OC)CN1C(=O)C(C)C(=O)O. The van der Waals surface area contributed by atoms with Crippen molar-refractivity contribution in [3.63, 3.8) is 0 Å². The first-order valence-corrected chi connectivity index (χ1v) is 5.56. The van der Waals surface area contributed by atoms with Crippen LogP contribution in [0.2, 0.25) is 0 Å². The standard InChI is InChI=1S/C11H19NO5/c1-7(11(14)15)10(13)12-5-9(17-3)4-8(12)6-16-2/h7-9H,4-6H2,1-3H3,(H,14,15)/t7?,8-,9-/m0/s1. The Labute approximate surface area is 100 Å². The molecule has 1 amide bonds. The molecule has 6 heteroatoms. The van der Waals surface area contributed by atoms with E-state index < -0.39 is 11.9 Å². The molecule has 1 N–H and O–H groups in total. The lowest BCUT2D eigenvalue weighted by molar-refractivity contribution is -0.151. The van der Waals surface area contributed by atoms with Crippen LogP contribution in [0.5, 0.6) is 0 Å². The summed E-state index contributed by atoms with van der Waals surface area (Å²) in [6.07, 6.45) is 0.641. The number of hydrogen-bond acceptors (Lipinski definition) is 4. The van der Waals surface area contributed by atoms with Gasteiger partial charge in [0.25, 0.3) is 0 Å². The van der Waals surface area contributed by atoms with Crippen LogP contribution in [0.25, 0.3) is 0 Å². The molecule has 1 aliphatic rings. The molecule has 1 rings (SSSR count). The van der Waals surface area contributed by atoms with E-state index in [1.165, 1.54) is 6.92 Å². The molecule has 1 unspecified atom stereocenters. The van der Waals surface area contributed by atoms with E-state index in [9.17, 15) is 9.59 Å². The first-order valence-electron chi connectivity index (χ1n) is 5.56. The summed E-state index contributed by atoms with van der Waals surface area (Å²) >= 11 is 0. The van der Waals surface area contributed by atoms with Crippen molar-refractivity contribution >= 4 is 11.9 Å². The van der Waals surface area contributed by atoms with Crippen molar-refractivity contribution in [3.8, 4) is 0 Å². The van der Waals surface area contributed by atoms with Gasteiger partial charge in [0.2, 0.25) is 5.91 Å². The van der Waals surface area contributed by atoms with Crippen LogP contribution in [-0.4, -0.2) is 61.4 Å². The second-order valence-corrected chi connectivity index (χ2v) is 4.25. The Hall–Kier alpha value is -1.14. The minimum atomic E-state index is -1.10. The molecule has 0 aromatic heterocycles. The summed E-state index contributed by atoms with van der Waals surface area (Å²) in [6.45, 7) is 2.23. The Balaban J connectivity index is 2.72. The summed E-state index contributed by atoms with van der Waals surface area (Å²) in [5.41, 5.74) is 0. The second kappa shape index (κ2) is 5.97. The average Bonchev–Trinajstić information content (AvgIpc) is 2.70. The topological polar surface area (TPSA) is 76.1 Å². The van der Waals surface area contributed by atoms with Crippen LogP contribution in [0.3, 0.4) is 0 Å². The number of carbonyl (C=O) groups excluding carboxylic acids is 1. The van der Waals surface area contributed by atoms with Crippen molar-refractivity contribution in [2.24, 2.45) is 5.92 Å². The van der Waals surface area contributed by atoms with E-state index in [0.29, 0.717) is 19.6 Å². The molecule has 1 fully saturated rings. The summed E-state index contributed by atoms with van der Waals surface area (Å²) in [5.74, 6) is -2.50. The Bertz CT molecular complexity index is 294. The number of carbonyl (C=O) groups is 2. The molecule has 1 saturated heterocycles. The van der Waals surface area contributed by atoms with Gasteiger partial charge in [-0.1, -0.05) is 0 Å². The number of carboxylic acid groups (broad SMARTS) is 1. The maximum Gasteiger partial charge on any atom is 0.315 e. The zero-order valence-corrected chi connectivity index (χ0v) is 10.4. The van der Waals surface area contributed by atoms with Gasteiger partial charge in [-0.3, -0.25) is 9.59 Å². The monoisotopic (exact) mass is 245 g/mol. The molecule has 17 heavy (non-hydrogen) atoms. The molecule has 1 heterocycles. The van der Waals surface area contributed by atoms with Gasteiger partial charge in [-0.05, 0) is 13.3 Å². The zero-order valence-electron chi connectivity index (χ0n) is 10.4. The van der Waals surface area contributed by atoms with Gasteiger partial charge in [-0.25, -0.2) is 0 Å². The highest BCUT2D eigenvalue weighted by molar-refractivity contribution is 5.96. The van der Waals surface area contributed by atoms with Crippen molar-refractivity contribution in [2.45, 2.75) is 25.5 Å². The van der Waals surface area contributed by atoms with Crippen LogP contribution in [-0.2, 0) is 19.1 Å². The fourth-order valence-electron chi connectivity index (χ4n) is 2.02. The normalized spacial score (nSPS) is 25.9. The fourth-order valence-corrected chi connectivity index (χ4v) is 2.02. The van der Waals surface area contributed by atoms with Gasteiger partial charge < -0.3 is 19.5 Å². The first kappa shape index (κ1) is 13.9. The minimum Gasteiger partial charge on any atom is -0.481 e.